The molecule has 1 aromatic rings. The fraction of sp³-hybridized carbons (Fsp3) is 0.800. The lowest BCUT2D eigenvalue weighted by Crippen LogP contribution is -2.50. The van der Waals surface area contributed by atoms with Crippen molar-refractivity contribution in [2.75, 3.05) is 19.6 Å². The Balaban J connectivity index is 1.51. The third-order valence-electron chi connectivity index (χ3n) is 4.83. The van der Waals surface area contributed by atoms with E-state index in [0.717, 1.165) is 64.1 Å². The van der Waals surface area contributed by atoms with Crippen LogP contribution in [0.1, 0.15) is 44.3 Å². The molecule has 1 atom stereocenters. The van der Waals surface area contributed by atoms with Crippen LogP contribution in [0.5, 0.6) is 0 Å². The molecule has 1 aromatic heterocycles. The van der Waals surface area contributed by atoms with Gasteiger partial charge in [-0.1, -0.05) is 12.1 Å². The zero-order valence-corrected chi connectivity index (χ0v) is 13.2. The Kier molecular flexibility index (Phi) is 4.73. The first kappa shape index (κ1) is 15.4. The normalized spacial score (nSPS) is 24.9. The molecular weight excluding hydrogens is 282 g/mol. The van der Waals surface area contributed by atoms with Gasteiger partial charge in [0.05, 0.1) is 12.6 Å². The molecular formula is C15H25N5O2. The number of hydrogen-bond acceptors (Lipinski definition) is 6. The van der Waals surface area contributed by atoms with E-state index in [1.54, 1.807) is 0 Å². The maximum Gasteiger partial charge on any atom is 0.234 e. The van der Waals surface area contributed by atoms with E-state index in [2.05, 4.69) is 19.9 Å². The Morgan fingerprint density at radius 1 is 1.32 bits per heavy atom. The Bertz CT molecular complexity index is 510. The molecule has 22 heavy (non-hydrogen) atoms. The molecule has 2 aliphatic rings. The molecule has 2 fully saturated rings. The van der Waals surface area contributed by atoms with Crippen molar-refractivity contribution in [2.24, 2.45) is 5.73 Å². The van der Waals surface area contributed by atoms with Crippen LogP contribution in [-0.2, 0) is 17.8 Å². The SMILES string of the molecule is CCc1nc(CN2CCC(N3CCC[C@@H]3C(N)=O)CC2)no1. The molecule has 0 aromatic carbocycles. The summed E-state index contributed by atoms with van der Waals surface area (Å²) in [5.41, 5.74) is 5.52. The molecule has 2 aliphatic heterocycles. The number of carbonyl (C=O) groups is 1. The second kappa shape index (κ2) is 6.75. The maximum atomic E-state index is 11.5. The van der Waals surface area contributed by atoms with Gasteiger partial charge in [0.25, 0.3) is 0 Å². The maximum absolute atomic E-state index is 11.5. The van der Waals surface area contributed by atoms with Gasteiger partial charge in [-0.25, -0.2) is 0 Å². The number of rotatable bonds is 5. The zero-order chi connectivity index (χ0) is 15.5. The van der Waals surface area contributed by atoms with E-state index >= 15 is 0 Å². The van der Waals surface area contributed by atoms with Crippen LogP contribution in [0.15, 0.2) is 4.52 Å². The Morgan fingerprint density at radius 3 is 2.73 bits per heavy atom. The van der Waals surface area contributed by atoms with Crippen LogP contribution in [0.2, 0.25) is 0 Å². The van der Waals surface area contributed by atoms with Gasteiger partial charge in [0.15, 0.2) is 5.82 Å². The summed E-state index contributed by atoms with van der Waals surface area (Å²) >= 11 is 0. The highest BCUT2D eigenvalue weighted by Gasteiger charge is 2.35. The number of nitrogens with two attached hydrogens (primary N) is 1. The van der Waals surface area contributed by atoms with Crippen molar-refractivity contribution < 1.29 is 9.32 Å². The summed E-state index contributed by atoms with van der Waals surface area (Å²) in [7, 11) is 0. The van der Waals surface area contributed by atoms with Crippen LogP contribution in [-0.4, -0.2) is 57.6 Å². The van der Waals surface area contributed by atoms with Crippen molar-refractivity contribution >= 4 is 5.91 Å². The molecule has 0 unspecified atom stereocenters. The summed E-state index contributed by atoms with van der Waals surface area (Å²) < 4.78 is 5.15. The molecule has 0 radical (unpaired) electrons. The van der Waals surface area contributed by atoms with E-state index in [1.807, 2.05) is 6.92 Å². The quantitative estimate of drug-likeness (QED) is 0.854. The van der Waals surface area contributed by atoms with Gasteiger partial charge in [-0.15, -0.1) is 0 Å². The van der Waals surface area contributed by atoms with Crippen molar-refractivity contribution in [3.05, 3.63) is 11.7 Å². The minimum Gasteiger partial charge on any atom is -0.368 e. The van der Waals surface area contributed by atoms with Crippen molar-refractivity contribution in [3.63, 3.8) is 0 Å². The summed E-state index contributed by atoms with van der Waals surface area (Å²) in [5.74, 6) is 1.30. The minimum absolute atomic E-state index is 0.0548. The number of nitrogens with zero attached hydrogens (tertiary/aromatic N) is 4. The number of aryl methyl sites for hydroxylation is 1. The van der Waals surface area contributed by atoms with E-state index in [-0.39, 0.29) is 11.9 Å². The number of likely N-dealkylation sites (tertiary alicyclic amines) is 2. The zero-order valence-electron chi connectivity index (χ0n) is 13.2. The molecule has 2 saturated heterocycles. The van der Waals surface area contributed by atoms with Crippen LogP contribution in [0.4, 0.5) is 0 Å². The average Bonchev–Trinajstić information content (AvgIpc) is 3.16. The van der Waals surface area contributed by atoms with E-state index < -0.39 is 0 Å². The predicted octanol–water partition coefficient (Wildman–Crippen LogP) is 0.546. The molecule has 0 aliphatic carbocycles. The highest BCUT2D eigenvalue weighted by molar-refractivity contribution is 5.80. The lowest BCUT2D eigenvalue weighted by atomic mass is 10.0. The number of piperidine rings is 1. The molecule has 7 nitrogen and oxygen atoms in total. The van der Waals surface area contributed by atoms with Crippen LogP contribution >= 0.6 is 0 Å². The summed E-state index contributed by atoms with van der Waals surface area (Å²) in [6, 6.07) is 0.425. The van der Waals surface area contributed by atoms with Crippen molar-refractivity contribution in [1.82, 2.24) is 19.9 Å². The highest BCUT2D eigenvalue weighted by Crippen LogP contribution is 2.26. The molecule has 1 amide bonds. The molecule has 3 rings (SSSR count). The number of aromatic nitrogens is 2. The molecule has 2 N–H and O–H groups in total. The summed E-state index contributed by atoms with van der Waals surface area (Å²) in [6.07, 6.45) is 4.91. The number of hydrogen-bond donors (Lipinski definition) is 1. The van der Waals surface area contributed by atoms with Gasteiger partial charge in [-0.2, -0.15) is 4.98 Å². The van der Waals surface area contributed by atoms with Crippen LogP contribution in [0.3, 0.4) is 0 Å². The van der Waals surface area contributed by atoms with E-state index in [9.17, 15) is 4.79 Å². The van der Waals surface area contributed by atoms with Gasteiger partial charge < -0.3 is 10.3 Å². The van der Waals surface area contributed by atoms with Gasteiger partial charge in [-0.05, 0) is 32.2 Å². The molecule has 0 bridgehead atoms. The Morgan fingerprint density at radius 2 is 2.09 bits per heavy atom. The first-order valence-corrected chi connectivity index (χ1v) is 8.26. The molecule has 7 heteroatoms. The first-order valence-electron chi connectivity index (χ1n) is 8.26. The Labute approximate surface area is 130 Å². The van der Waals surface area contributed by atoms with Crippen molar-refractivity contribution in [3.8, 4) is 0 Å². The summed E-state index contributed by atoms with van der Waals surface area (Å²) in [6.45, 7) is 5.76. The monoisotopic (exact) mass is 307 g/mol. The fourth-order valence-electron chi connectivity index (χ4n) is 3.64. The third-order valence-corrected chi connectivity index (χ3v) is 4.83. The number of amides is 1. The van der Waals surface area contributed by atoms with Gasteiger partial charge >= 0.3 is 0 Å². The van der Waals surface area contributed by atoms with E-state index in [0.29, 0.717) is 11.9 Å². The average molecular weight is 307 g/mol. The summed E-state index contributed by atoms with van der Waals surface area (Å²) in [5, 5.41) is 4.01. The smallest absolute Gasteiger partial charge is 0.234 e. The standard InChI is InChI=1S/C15H25N5O2/c1-2-14-17-13(18-22-14)10-19-8-5-11(6-9-19)20-7-3-4-12(20)15(16)21/h11-12H,2-10H2,1H3,(H2,16,21)/t12-/m1/s1. The molecule has 0 spiro atoms. The van der Waals surface area contributed by atoms with Crippen molar-refractivity contribution in [1.29, 1.82) is 0 Å². The van der Waals surface area contributed by atoms with Gasteiger partial charge in [0.1, 0.15) is 0 Å². The van der Waals surface area contributed by atoms with Gasteiger partial charge in [0, 0.05) is 25.6 Å². The lowest BCUT2D eigenvalue weighted by molar-refractivity contribution is -0.123. The van der Waals surface area contributed by atoms with Crippen LogP contribution < -0.4 is 5.73 Å². The van der Waals surface area contributed by atoms with Gasteiger partial charge in [0.2, 0.25) is 11.8 Å². The Hall–Kier alpha value is -1.47. The second-order valence-electron chi connectivity index (χ2n) is 6.26. The third kappa shape index (κ3) is 3.30. The van der Waals surface area contributed by atoms with Crippen LogP contribution in [0, 0.1) is 0 Å². The fourth-order valence-corrected chi connectivity index (χ4v) is 3.64. The first-order chi connectivity index (χ1) is 10.7. The molecule has 3 heterocycles. The second-order valence-corrected chi connectivity index (χ2v) is 6.26. The minimum atomic E-state index is -0.168. The van der Waals surface area contributed by atoms with Crippen molar-refractivity contribution in [2.45, 2.75) is 57.7 Å². The lowest BCUT2D eigenvalue weighted by Gasteiger charge is -2.38. The van der Waals surface area contributed by atoms with Gasteiger partial charge in [-0.3, -0.25) is 14.6 Å². The number of primary amides is 1. The highest BCUT2D eigenvalue weighted by atomic mass is 16.5. The van der Waals surface area contributed by atoms with Crippen LogP contribution in [0.25, 0.3) is 0 Å². The number of carbonyl (C=O) groups excluding carboxylic acids is 1. The largest absolute Gasteiger partial charge is 0.368 e. The predicted molar refractivity (Wildman–Crippen MR) is 80.9 cm³/mol. The van der Waals surface area contributed by atoms with E-state index in [1.165, 1.54) is 0 Å². The molecule has 0 saturated carbocycles. The molecule has 122 valence electrons. The van der Waals surface area contributed by atoms with E-state index in [4.69, 9.17) is 10.3 Å². The summed E-state index contributed by atoms with van der Waals surface area (Å²) in [4.78, 5) is 20.6. The topological polar surface area (TPSA) is 88.5 Å².